The molecule has 1 saturated heterocycles. The van der Waals surface area contributed by atoms with E-state index in [1.807, 2.05) is 48.8 Å². The summed E-state index contributed by atoms with van der Waals surface area (Å²) in [4.78, 5) is 18.6. The number of nitrogens with one attached hydrogen (secondary N) is 1. The smallest absolute Gasteiger partial charge is 0.227 e. The third-order valence-corrected chi connectivity index (χ3v) is 7.66. The van der Waals surface area contributed by atoms with Crippen LogP contribution in [-0.4, -0.2) is 67.1 Å². The first-order valence-electron chi connectivity index (χ1n) is 13.8. The van der Waals surface area contributed by atoms with E-state index < -0.39 is 0 Å². The van der Waals surface area contributed by atoms with Gasteiger partial charge in [-0.1, -0.05) is 32.1 Å². The maximum Gasteiger partial charge on any atom is 0.227 e. The SMILES string of the molecule is CCN1CCN(c2cccc(Nc3ncc(/C=C/c4cc(OC)cc(C(N)=NC[C@H]5CC5C)c4)cn3)c2)CC1. The number of nitrogens with two attached hydrogens (primary N) is 1. The molecule has 2 heterocycles. The second-order valence-electron chi connectivity index (χ2n) is 10.5. The van der Waals surface area contributed by atoms with Gasteiger partial charge in [0.05, 0.1) is 7.11 Å². The minimum absolute atomic E-state index is 0.550. The molecule has 3 aromatic rings. The van der Waals surface area contributed by atoms with Gasteiger partial charge in [-0.15, -0.1) is 0 Å². The Morgan fingerprint density at radius 2 is 1.82 bits per heavy atom. The van der Waals surface area contributed by atoms with Gasteiger partial charge in [0.1, 0.15) is 11.6 Å². The van der Waals surface area contributed by atoms with E-state index in [4.69, 9.17) is 10.5 Å². The minimum Gasteiger partial charge on any atom is -0.497 e. The summed E-state index contributed by atoms with van der Waals surface area (Å²) in [5.74, 6) is 3.28. The molecule has 2 aliphatic rings. The number of aliphatic imine (C=N–C) groups is 1. The van der Waals surface area contributed by atoms with E-state index in [-0.39, 0.29) is 0 Å². The summed E-state index contributed by atoms with van der Waals surface area (Å²) >= 11 is 0. The summed E-state index contributed by atoms with van der Waals surface area (Å²) in [5.41, 5.74) is 11.2. The van der Waals surface area contributed by atoms with E-state index in [0.29, 0.717) is 17.7 Å². The fraction of sp³-hybridized carbons (Fsp3) is 0.387. The van der Waals surface area contributed by atoms with E-state index in [9.17, 15) is 0 Å². The quantitative estimate of drug-likeness (QED) is 0.287. The van der Waals surface area contributed by atoms with Gasteiger partial charge in [0.2, 0.25) is 5.95 Å². The summed E-state index contributed by atoms with van der Waals surface area (Å²) in [6.45, 7) is 10.7. The van der Waals surface area contributed by atoms with Crippen molar-refractivity contribution in [3.05, 3.63) is 71.5 Å². The Bertz CT molecular complexity index is 1310. The predicted octanol–water partition coefficient (Wildman–Crippen LogP) is 4.90. The van der Waals surface area contributed by atoms with Crippen molar-refractivity contribution in [2.75, 3.05) is 56.6 Å². The molecule has 1 aromatic heterocycles. The van der Waals surface area contributed by atoms with Gasteiger partial charge in [0, 0.05) is 67.6 Å². The molecule has 1 aliphatic carbocycles. The Morgan fingerprint density at radius 1 is 1.08 bits per heavy atom. The van der Waals surface area contributed by atoms with E-state index in [0.717, 1.165) is 73.3 Å². The first-order valence-corrected chi connectivity index (χ1v) is 13.8. The molecule has 0 bridgehead atoms. The molecular formula is C31H39N7O. The van der Waals surface area contributed by atoms with Crippen molar-refractivity contribution in [1.82, 2.24) is 14.9 Å². The molecule has 0 spiro atoms. The molecule has 2 aromatic carbocycles. The topological polar surface area (TPSA) is 91.9 Å². The van der Waals surface area contributed by atoms with Crippen LogP contribution in [0.4, 0.5) is 17.3 Å². The minimum atomic E-state index is 0.550. The van der Waals surface area contributed by atoms with Gasteiger partial charge in [0.25, 0.3) is 0 Å². The standard InChI is InChI=1S/C31H39N7O/c1-4-37-10-12-38(13-11-37)28-7-5-6-27(18-28)36-31-34-19-24(20-35-31)9-8-23-15-25(17-29(16-23)39-3)30(32)33-21-26-14-22(26)2/h5-9,15-20,22,26H,4,10-14,21H2,1-3H3,(H2,32,33)(H,34,35,36)/b9-8+/t22?,26-/m1/s1. The Labute approximate surface area is 231 Å². The number of amidine groups is 1. The molecule has 39 heavy (non-hydrogen) atoms. The monoisotopic (exact) mass is 525 g/mol. The van der Waals surface area contributed by atoms with Crippen LogP contribution < -0.4 is 20.7 Å². The second-order valence-corrected chi connectivity index (χ2v) is 10.5. The lowest BCUT2D eigenvalue weighted by Crippen LogP contribution is -2.46. The van der Waals surface area contributed by atoms with Gasteiger partial charge in [-0.3, -0.25) is 4.99 Å². The number of hydrogen-bond acceptors (Lipinski definition) is 7. The van der Waals surface area contributed by atoms with Crippen LogP contribution in [0.15, 0.2) is 59.9 Å². The Balaban J connectivity index is 1.22. The summed E-state index contributed by atoms with van der Waals surface area (Å²) < 4.78 is 5.50. The molecule has 1 saturated carbocycles. The fourth-order valence-corrected chi connectivity index (χ4v) is 4.86. The largest absolute Gasteiger partial charge is 0.497 e. The Morgan fingerprint density at radius 3 is 2.51 bits per heavy atom. The number of piperazine rings is 1. The van der Waals surface area contributed by atoms with Gasteiger partial charge >= 0.3 is 0 Å². The van der Waals surface area contributed by atoms with E-state index >= 15 is 0 Å². The third kappa shape index (κ3) is 7.15. The van der Waals surface area contributed by atoms with E-state index in [1.165, 1.54) is 12.1 Å². The van der Waals surface area contributed by atoms with Crippen molar-refractivity contribution in [3.8, 4) is 5.75 Å². The molecule has 1 unspecified atom stereocenters. The van der Waals surface area contributed by atoms with E-state index in [2.05, 4.69) is 62.1 Å². The average Bonchev–Trinajstić information content (AvgIpc) is 3.70. The van der Waals surface area contributed by atoms with Crippen LogP contribution in [0.5, 0.6) is 5.75 Å². The normalized spacial score (nSPS) is 19.9. The van der Waals surface area contributed by atoms with Crippen molar-refractivity contribution in [1.29, 1.82) is 0 Å². The first-order chi connectivity index (χ1) is 19.0. The van der Waals surface area contributed by atoms with Crippen LogP contribution in [-0.2, 0) is 0 Å². The van der Waals surface area contributed by atoms with Crippen LogP contribution in [0.3, 0.4) is 0 Å². The Kier molecular flexibility index (Phi) is 8.42. The van der Waals surface area contributed by atoms with Gasteiger partial charge < -0.3 is 25.6 Å². The van der Waals surface area contributed by atoms with Gasteiger partial charge in [-0.2, -0.15) is 0 Å². The zero-order valence-corrected chi connectivity index (χ0v) is 23.2. The maximum absolute atomic E-state index is 6.30. The first kappa shape index (κ1) is 26.7. The highest BCUT2D eigenvalue weighted by molar-refractivity contribution is 5.98. The van der Waals surface area contributed by atoms with Crippen molar-refractivity contribution >= 4 is 35.3 Å². The molecule has 2 atom stereocenters. The lowest BCUT2D eigenvalue weighted by atomic mass is 10.1. The highest BCUT2D eigenvalue weighted by atomic mass is 16.5. The number of likely N-dealkylation sites (N-methyl/N-ethyl adjacent to an activating group) is 1. The molecule has 5 rings (SSSR count). The van der Waals surface area contributed by atoms with Crippen LogP contribution in [0.2, 0.25) is 0 Å². The van der Waals surface area contributed by atoms with Gasteiger partial charge in [-0.25, -0.2) is 9.97 Å². The molecular weight excluding hydrogens is 486 g/mol. The molecule has 1 aliphatic heterocycles. The van der Waals surface area contributed by atoms with Crippen LogP contribution in [0.1, 0.15) is 37.0 Å². The van der Waals surface area contributed by atoms with Crippen molar-refractivity contribution < 1.29 is 4.74 Å². The fourth-order valence-electron chi connectivity index (χ4n) is 4.86. The molecule has 8 heteroatoms. The summed E-state index contributed by atoms with van der Waals surface area (Å²) in [7, 11) is 1.66. The van der Waals surface area contributed by atoms with Gasteiger partial charge in [0.15, 0.2) is 0 Å². The van der Waals surface area contributed by atoms with Crippen molar-refractivity contribution in [2.24, 2.45) is 22.6 Å². The predicted molar refractivity (Wildman–Crippen MR) is 161 cm³/mol. The number of aromatic nitrogens is 2. The second kappa shape index (κ2) is 12.3. The number of hydrogen-bond donors (Lipinski definition) is 2. The molecule has 8 nitrogen and oxygen atoms in total. The molecule has 0 radical (unpaired) electrons. The highest BCUT2D eigenvalue weighted by Crippen LogP contribution is 2.37. The number of nitrogens with zero attached hydrogens (tertiary/aromatic N) is 5. The number of rotatable bonds is 10. The number of benzene rings is 2. The van der Waals surface area contributed by atoms with Gasteiger partial charge in [-0.05, 0) is 66.8 Å². The van der Waals surface area contributed by atoms with Crippen LogP contribution >= 0.6 is 0 Å². The number of ether oxygens (including phenoxy) is 1. The Hall–Kier alpha value is -3.91. The average molecular weight is 526 g/mol. The highest BCUT2D eigenvalue weighted by Gasteiger charge is 2.31. The van der Waals surface area contributed by atoms with E-state index in [1.54, 1.807) is 7.11 Å². The lowest BCUT2D eigenvalue weighted by molar-refractivity contribution is 0.271. The number of anilines is 3. The number of methoxy groups -OCH3 is 1. The summed E-state index contributed by atoms with van der Waals surface area (Å²) in [6.07, 6.45) is 8.86. The van der Waals surface area contributed by atoms with Crippen LogP contribution in [0, 0.1) is 11.8 Å². The van der Waals surface area contributed by atoms with Crippen LogP contribution in [0.25, 0.3) is 12.2 Å². The zero-order chi connectivity index (χ0) is 27.2. The van der Waals surface area contributed by atoms with Crippen molar-refractivity contribution in [3.63, 3.8) is 0 Å². The molecule has 2 fully saturated rings. The molecule has 3 N–H and O–H groups in total. The molecule has 204 valence electrons. The summed E-state index contributed by atoms with van der Waals surface area (Å²) in [6, 6.07) is 14.4. The summed E-state index contributed by atoms with van der Waals surface area (Å²) in [5, 5.41) is 3.34. The molecule has 0 amide bonds. The lowest BCUT2D eigenvalue weighted by Gasteiger charge is -2.35. The van der Waals surface area contributed by atoms with Crippen molar-refractivity contribution in [2.45, 2.75) is 20.3 Å². The maximum atomic E-state index is 6.30. The third-order valence-electron chi connectivity index (χ3n) is 7.66. The zero-order valence-electron chi connectivity index (χ0n) is 23.2.